The summed E-state index contributed by atoms with van der Waals surface area (Å²) in [4.78, 5) is 0. The Kier molecular flexibility index (Phi) is 4.09. The van der Waals surface area contributed by atoms with Crippen LogP contribution in [0.1, 0.15) is 23.6 Å². The maximum Gasteiger partial charge on any atom is 0.125 e. The van der Waals surface area contributed by atoms with Crippen LogP contribution in [0.5, 0.6) is 0 Å². The first kappa shape index (κ1) is 14.5. The fraction of sp³-hybridized carbons (Fsp3) is 0.294. The lowest BCUT2D eigenvalue weighted by molar-refractivity contribution is 0.223. The molecule has 0 aliphatic heterocycles. The van der Waals surface area contributed by atoms with Crippen molar-refractivity contribution in [2.75, 3.05) is 11.9 Å². The highest BCUT2D eigenvalue weighted by atomic mass is 19.1. The van der Waals surface area contributed by atoms with Gasteiger partial charge in [-0.1, -0.05) is 29.8 Å². The minimum absolute atomic E-state index is 0.0760. The third kappa shape index (κ3) is 2.99. The van der Waals surface area contributed by atoms with Crippen LogP contribution in [-0.4, -0.2) is 11.7 Å². The summed E-state index contributed by atoms with van der Waals surface area (Å²) in [6, 6.07) is 12.4. The smallest absolute Gasteiger partial charge is 0.125 e. The van der Waals surface area contributed by atoms with Crippen molar-refractivity contribution in [3.8, 4) is 0 Å². The van der Waals surface area contributed by atoms with E-state index in [4.69, 9.17) is 0 Å². The van der Waals surface area contributed by atoms with Crippen molar-refractivity contribution in [3.63, 3.8) is 0 Å². The van der Waals surface area contributed by atoms with Crippen molar-refractivity contribution >= 4 is 5.69 Å². The van der Waals surface area contributed by atoms with E-state index in [1.807, 2.05) is 32.9 Å². The first-order chi connectivity index (χ1) is 9.44. The topological polar surface area (TPSA) is 32.3 Å². The number of nitrogens with one attached hydrogen (secondary N) is 1. The molecule has 0 heterocycles. The molecule has 0 aromatic heterocycles. The number of halogens is 1. The Morgan fingerprint density at radius 1 is 1.15 bits per heavy atom. The summed E-state index contributed by atoms with van der Waals surface area (Å²) < 4.78 is 13.3. The molecule has 2 N–H and O–H groups in total. The molecule has 20 heavy (non-hydrogen) atoms. The van der Waals surface area contributed by atoms with Crippen molar-refractivity contribution in [3.05, 3.63) is 65.0 Å². The second-order valence-corrected chi connectivity index (χ2v) is 5.44. The molecule has 1 unspecified atom stereocenters. The van der Waals surface area contributed by atoms with Gasteiger partial charge in [0.05, 0.1) is 12.1 Å². The first-order valence-corrected chi connectivity index (χ1v) is 6.67. The lowest BCUT2D eigenvalue weighted by atomic mass is 9.88. The molecule has 2 aromatic rings. The minimum Gasteiger partial charge on any atom is -0.394 e. The van der Waals surface area contributed by atoms with Crippen LogP contribution in [0.2, 0.25) is 0 Å². The Hall–Kier alpha value is -1.87. The molecule has 0 spiro atoms. The number of aliphatic hydroxyl groups is 1. The van der Waals surface area contributed by atoms with E-state index in [2.05, 4.69) is 11.4 Å². The molecular weight excluding hydrogens is 253 g/mol. The van der Waals surface area contributed by atoms with Crippen LogP contribution in [0, 0.1) is 19.7 Å². The highest BCUT2D eigenvalue weighted by Gasteiger charge is 2.27. The second kappa shape index (κ2) is 5.63. The van der Waals surface area contributed by atoms with Crippen LogP contribution >= 0.6 is 0 Å². The monoisotopic (exact) mass is 273 g/mol. The molecule has 0 radical (unpaired) electrons. The molecule has 0 aliphatic carbocycles. The van der Waals surface area contributed by atoms with Gasteiger partial charge < -0.3 is 10.4 Å². The average molecular weight is 273 g/mol. The van der Waals surface area contributed by atoms with Crippen LogP contribution in [0.15, 0.2) is 42.5 Å². The van der Waals surface area contributed by atoms with Gasteiger partial charge in [0.1, 0.15) is 5.82 Å². The molecule has 2 aromatic carbocycles. The van der Waals surface area contributed by atoms with Crippen LogP contribution in [0.4, 0.5) is 10.1 Å². The van der Waals surface area contributed by atoms with Crippen LogP contribution < -0.4 is 5.32 Å². The summed E-state index contributed by atoms with van der Waals surface area (Å²) in [5.41, 5.74) is 3.30. The normalized spacial score (nSPS) is 13.8. The summed E-state index contributed by atoms with van der Waals surface area (Å²) in [5.74, 6) is -0.295. The average Bonchev–Trinajstić information content (AvgIpc) is 2.38. The van der Waals surface area contributed by atoms with Gasteiger partial charge >= 0.3 is 0 Å². The summed E-state index contributed by atoms with van der Waals surface area (Å²) in [5, 5.41) is 13.0. The van der Waals surface area contributed by atoms with Crippen LogP contribution in [-0.2, 0) is 5.54 Å². The molecule has 106 valence electrons. The molecule has 0 amide bonds. The summed E-state index contributed by atoms with van der Waals surface area (Å²) >= 11 is 0. The maximum atomic E-state index is 13.3. The van der Waals surface area contributed by atoms with Gasteiger partial charge in [-0.3, -0.25) is 0 Å². The van der Waals surface area contributed by atoms with Gasteiger partial charge in [0.15, 0.2) is 0 Å². The minimum atomic E-state index is -0.647. The van der Waals surface area contributed by atoms with Gasteiger partial charge in [-0.2, -0.15) is 0 Å². The number of aryl methyl sites for hydroxylation is 2. The van der Waals surface area contributed by atoms with E-state index >= 15 is 0 Å². The summed E-state index contributed by atoms with van der Waals surface area (Å²) in [6.07, 6.45) is 0. The van der Waals surface area contributed by atoms with Gasteiger partial charge in [-0.05, 0) is 50.1 Å². The Morgan fingerprint density at radius 2 is 1.90 bits per heavy atom. The Labute approximate surface area is 119 Å². The van der Waals surface area contributed by atoms with E-state index in [9.17, 15) is 9.50 Å². The molecule has 0 aliphatic rings. The zero-order chi connectivity index (χ0) is 14.8. The zero-order valence-electron chi connectivity index (χ0n) is 12.1. The van der Waals surface area contributed by atoms with E-state index in [0.29, 0.717) is 5.69 Å². The highest BCUT2D eigenvalue weighted by molar-refractivity contribution is 5.49. The zero-order valence-corrected chi connectivity index (χ0v) is 12.1. The Balaban J connectivity index is 2.38. The summed E-state index contributed by atoms with van der Waals surface area (Å²) in [6.45, 7) is 5.89. The molecule has 2 nitrogen and oxygen atoms in total. The number of hydrogen-bond donors (Lipinski definition) is 2. The Morgan fingerprint density at radius 3 is 2.50 bits per heavy atom. The van der Waals surface area contributed by atoms with Gasteiger partial charge in [0, 0.05) is 5.69 Å². The van der Waals surface area contributed by atoms with Gasteiger partial charge in [0.25, 0.3) is 0 Å². The van der Waals surface area contributed by atoms with E-state index in [1.165, 1.54) is 17.7 Å². The standard InChI is InChI=1S/C17H20FNO/c1-12-7-8-16(13(2)9-12)17(3,11-20)19-15-6-4-5-14(18)10-15/h4-10,19-20H,11H2,1-3H3. The van der Waals surface area contributed by atoms with Crippen LogP contribution in [0.25, 0.3) is 0 Å². The molecular formula is C17H20FNO. The van der Waals surface area contributed by atoms with E-state index in [0.717, 1.165) is 11.1 Å². The molecule has 1 atom stereocenters. The van der Waals surface area contributed by atoms with E-state index < -0.39 is 5.54 Å². The fourth-order valence-electron chi connectivity index (χ4n) is 2.51. The van der Waals surface area contributed by atoms with E-state index in [1.54, 1.807) is 12.1 Å². The van der Waals surface area contributed by atoms with E-state index in [-0.39, 0.29) is 12.4 Å². The second-order valence-electron chi connectivity index (χ2n) is 5.44. The lowest BCUT2D eigenvalue weighted by Crippen LogP contribution is -2.36. The predicted molar refractivity (Wildman–Crippen MR) is 80.4 cm³/mol. The fourth-order valence-corrected chi connectivity index (χ4v) is 2.51. The predicted octanol–water partition coefficient (Wildman–Crippen LogP) is 3.76. The number of anilines is 1. The third-order valence-electron chi connectivity index (χ3n) is 3.54. The van der Waals surface area contributed by atoms with Gasteiger partial charge in [-0.15, -0.1) is 0 Å². The quantitative estimate of drug-likeness (QED) is 0.889. The number of rotatable bonds is 4. The van der Waals surface area contributed by atoms with Crippen molar-refractivity contribution in [1.29, 1.82) is 0 Å². The molecule has 0 saturated carbocycles. The molecule has 3 heteroatoms. The van der Waals surface area contributed by atoms with Crippen molar-refractivity contribution in [2.45, 2.75) is 26.3 Å². The van der Waals surface area contributed by atoms with Crippen molar-refractivity contribution in [2.24, 2.45) is 0 Å². The van der Waals surface area contributed by atoms with Gasteiger partial charge in [0.2, 0.25) is 0 Å². The SMILES string of the molecule is Cc1ccc(C(C)(CO)Nc2cccc(F)c2)c(C)c1. The maximum absolute atomic E-state index is 13.3. The van der Waals surface area contributed by atoms with Crippen LogP contribution in [0.3, 0.4) is 0 Å². The molecule has 0 saturated heterocycles. The van der Waals surface area contributed by atoms with Crippen molar-refractivity contribution < 1.29 is 9.50 Å². The highest BCUT2D eigenvalue weighted by Crippen LogP contribution is 2.29. The first-order valence-electron chi connectivity index (χ1n) is 6.67. The number of hydrogen-bond acceptors (Lipinski definition) is 2. The lowest BCUT2D eigenvalue weighted by Gasteiger charge is -2.32. The molecule has 2 rings (SSSR count). The molecule has 0 bridgehead atoms. The number of aliphatic hydroxyl groups excluding tert-OH is 1. The largest absolute Gasteiger partial charge is 0.394 e. The molecule has 0 fully saturated rings. The van der Waals surface area contributed by atoms with Gasteiger partial charge in [-0.25, -0.2) is 4.39 Å². The third-order valence-corrected chi connectivity index (χ3v) is 3.54. The number of benzene rings is 2. The summed E-state index contributed by atoms with van der Waals surface area (Å²) in [7, 11) is 0. The van der Waals surface area contributed by atoms with Crippen molar-refractivity contribution in [1.82, 2.24) is 0 Å². The Bertz CT molecular complexity index is 612.